The summed E-state index contributed by atoms with van der Waals surface area (Å²) in [5.41, 5.74) is 6.31. The van der Waals surface area contributed by atoms with Crippen molar-refractivity contribution in [2.75, 3.05) is 20.1 Å². The number of hydrogen-bond donors (Lipinski definition) is 2. The molecule has 0 radical (unpaired) electrons. The van der Waals surface area contributed by atoms with Gasteiger partial charge in [-0.1, -0.05) is 0 Å². The molecule has 0 bridgehead atoms. The normalized spacial score (nSPS) is 12.6. The third-order valence-corrected chi connectivity index (χ3v) is 5.72. The maximum absolute atomic E-state index is 12.0. The molecule has 0 atom stereocenters. The lowest BCUT2D eigenvalue weighted by Crippen LogP contribution is -2.35. The first-order chi connectivity index (χ1) is 8.36. The van der Waals surface area contributed by atoms with Crippen molar-refractivity contribution in [2.45, 2.75) is 30.6 Å². The lowest BCUT2D eigenvalue weighted by Gasteiger charge is -2.20. The molecule has 104 valence electrons. The van der Waals surface area contributed by atoms with Crippen LogP contribution in [0.5, 0.6) is 0 Å². The average molecular weight is 291 g/mol. The lowest BCUT2D eigenvalue weighted by atomic mass is 10.3. The number of rotatable bonds is 7. The van der Waals surface area contributed by atoms with Crippen LogP contribution in [0.3, 0.4) is 0 Å². The van der Waals surface area contributed by atoms with E-state index in [1.165, 1.54) is 11.3 Å². The minimum atomic E-state index is -3.38. The molecule has 0 spiro atoms. The van der Waals surface area contributed by atoms with E-state index in [1.807, 2.05) is 7.05 Å². The number of hydrogen-bond acceptors (Lipinski definition) is 5. The molecule has 0 saturated heterocycles. The Labute approximate surface area is 113 Å². The van der Waals surface area contributed by atoms with E-state index in [1.54, 1.807) is 11.4 Å². The van der Waals surface area contributed by atoms with E-state index in [2.05, 4.69) is 23.5 Å². The molecule has 0 aromatic carbocycles. The van der Waals surface area contributed by atoms with Crippen molar-refractivity contribution < 1.29 is 8.42 Å². The van der Waals surface area contributed by atoms with Crippen molar-refractivity contribution in [3.63, 3.8) is 0 Å². The van der Waals surface area contributed by atoms with E-state index >= 15 is 0 Å². The van der Waals surface area contributed by atoms with Crippen LogP contribution >= 0.6 is 11.3 Å². The van der Waals surface area contributed by atoms with Crippen molar-refractivity contribution in [3.8, 4) is 0 Å². The molecule has 0 aliphatic rings. The third kappa shape index (κ3) is 4.33. The Hall–Kier alpha value is -0.470. The fraction of sp³-hybridized carbons (Fsp3) is 0.636. The Morgan fingerprint density at radius 3 is 2.67 bits per heavy atom. The Morgan fingerprint density at radius 2 is 2.17 bits per heavy atom. The van der Waals surface area contributed by atoms with Crippen molar-refractivity contribution in [1.82, 2.24) is 9.62 Å². The van der Waals surface area contributed by atoms with E-state index < -0.39 is 10.0 Å². The van der Waals surface area contributed by atoms with Gasteiger partial charge in [-0.2, -0.15) is 0 Å². The first-order valence-corrected chi connectivity index (χ1v) is 8.20. The van der Waals surface area contributed by atoms with Crippen molar-refractivity contribution >= 4 is 21.4 Å². The molecule has 0 saturated carbocycles. The van der Waals surface area contributed by atoms with Crippen LogP contribution in [-0.2, 0) is 16.6 Å². The zero-order chi connectivity index (χ0) is 13.8. The van der Waals surface area contributed by atoms with Gasteiger partial charge in [0.2, 0.25) is 10.0 Å². The molecule has 3 N–H and O–H groups in total. The van der Waals surface area contributed by atoms with Gasteiger partial charge < -0.3 is 10.6 Å². The Morgan fingerprint density at radius 1 is 1.50 bits per heavy atom. The number of sulfonamides is 1. The van der Waals surface area contributed by atoms with Crippen LogP contribution < -0.4 is 10.5 Å². The van der Waals surface area contributed by atoms with Gasteiger partial charge in [-0.3, -0.25) is 0 Å². The maximum atomic E-state index is 12.0. The van der Waals surface area contributed by atoms with Gasteiger partial charge in [0.05, 0.1) is 0 Å². The summed E-state index contributed by atoms with van der Waals surface area (Å²) < 4.78 is 26.8. The fourth-order valence-electron chi connectivity index (χ4n) is 1.29. The summed E-state index contributed by atoms with van der Waals surface area (Å²) in [5.74, 6) is 0. The Balaban J connectivity index is 2.55. The van der Waals surface area contributed by atoms with Crippen LogP contribution in [0.25, 0.3) is 0 Å². The monoisotopic (exact) mass is 291 g/mol. The molecule has 0 aliphatic carbocycles. The Kier molecular flexibility index (Phi) is 5.74. The van der Waals surface area contributed by atoms with Crippen LogP contribution in [-0.4, -0.2) is 39.5 Å². The average Bonchev–Trinajstić information content (AvgIpc) is 2.77. The van der Waals surface area contributed by atoms with Gasteiger partial charge in [0, 0.05) is 25.7 Å². The van der Waals surface area contributed by atoms with E-state index in [-0.39, 0.29) is 0 Å². The number of likely N-dealkylation sites (N-methyl/N-ethyl adjacent to an activating group) is 1. The summed E-state index contributed by atoms with van der Waals surface area (Å²) in [4.78, 5) is 2.09. The highest BCUT2D eigenvalue weighted by Crippen LogP contribution is 2.19. The largest absolute Gasteiger partial charge is 0.326 e. The fourth-order valence-corrected chi connectivity index (χ4v) is 3.57. The van der Waals surface area contributed by atoms with Gasteiger partial charge in [-0.15, -0.1) is 11.3 Å². The Bertz CT molecular complexity index is 468. The zero-order valence-corrected chi connectivity index (χ0v) is 12.6. The quantitative estimate of drug-likeness (QED) is 0.780. The highest BCUT2D eigenvalue weighted by Gasteiger charge is 2.16. The summed E-state index contributed by atoms with van der Waals surface area (Å²) >= 11 is 1.20. The second-order valence-corrected chi connectivity index (χ2v) is 7.36. The molecule has 1 rings (SSSR count). The predicted molar refractivity (Wildman–Crippen MR) is 75.2 cm³/mol. The van der Waals surface area contributed by atoms with Crippen molar-refractivity contribution in [1.29, 1.82) is 0 Å². The van der Waals surface area contributed by atoms with Crippen LogP contribution in [0.4, 0.5) is 0 Å². The summed E-state index contributed by atoms with van der Waals surface area (Å²) in [7, 11) is -1.42. The van der Waals surface area contributed by atoms with Gasteiger partial charge in [-0.25, -0.2) is 13.1 Å². The molecule has 5 nitrogen and oxygen atoms in total. The topological polar surface area (TPSA) is 75.4 Å². The van der Waals surface area contributed by atoms with Crippen LogP contribution in [0.1, 0.15) is 19.4 Å². The molecular weight excluding hydrogens is 270 g/mol. The van der Waals surface area contributed by atoms with Crippen LogP contribution in [0.15, 0.2) is 15.7 Å². The van der Waals surface area contributed by atoms with Crippen molar-refractivity contribution in [3.05, 3.63) is 17.0 Å². The SMILES string of the molecule is CC(C)N(C)CCNS(=O)(=O)c1cc(CN)cs1. The highest BCUT2D eigenvalue weighted by atomic mass is 32.2. The second kappa shape index (κ2) is 6.63. The van der Waals surface area contributed by atoms with Gasteiger partial charge in [0.15, 0.2) is 0 Å². The van der Waals surface area contributed by atoms with Gasteiger partial charge in [0.25, 0.3) is 0 Å². The molecule has 18 heavy (non-hydrogen) atoms. The van der Waals surface area contributed by atoms with Gasteiger partial charge >= 0.3 is 0 Å². The second-order valence-electron chi connectivity index (χ2n) is 4.45. The lowest BCUT2D eigenvalue weighted by molar-refractivity contribution is 0.278. The van der Waals surface area contributed by atoms with Crippen LogP contribution in [0, 0.1) is 0 Å². The minimum Gasteiger partial charge on any atom is -0.326 e. The molecular formula is C11H21N3O2S2. The van der Waals surface area contributed by atoms with Gasteiger partial charge in [0.1, 0.15) is 4.21 Å². The van der Waals surface area contributed by atoms with Crippen molar-refractivity contribution in [2.24, 2.45) is 5.73 Å². The standard InChI is InChI=1S/C11H21N3O2S2/c1-9(2)14(3)5-4-13-18(15,16)11-6-10(7-12)8-17-11/h6,8-9,13H,4-5,7,12H2,1-3H3. The summed E-state index contributed by atoms with van der Waals surface area (Å²) in [6.07, 6.45) is 0. The molecule has 0 aliphatic heterocycles. The summed E-state index contributed by atoms with van der Waals surface area (Å²) in [5, 5.41) is 1.77. The molecule has 7 heteroatoms. The number of thiophene rings is 1. The maximum Gasteiger partial charge on any atom is 0.250 e. The minimum absolute atomic E-state index is 0.329. The molecule has 1 aromatic rings. The van der Waals surface area contributed by atoms with Crippen LogP contribution in [0.2, 0.25) is 0 Å². The number of nitrogens with two attached hydrogens (primary N) is 1. The molecule has 0 fully saturated rings. The predicted octanol–water partition coefficient (Wildman–Crippen LogP) is 0.825. The number of nitrogens with one attached hydrogen (secondary N) is 1. The molecule has 0 unspecified atom stereocenters. The summed E-state index contributed by atoms with van der Waals surface area (Å²) in [6.45, 7) is 5.60. The molecule has 1 heterocycles. The first-order valence-electron chi connectivity index (χ1n) is 5.84. The third-order valence-electron chi connectivity index (χ3n) is 2.77. The first kappa shape index (κ1) is 15.6. The molecule has 0 amide bonds. The van der Waals surface area contributed by atoms with E-state index in [4.69, 9.17) is 5.73 Å². The smallest absolute Gasteiger partial charge is 0.250 e. The van der Waals surface area contributed by atoms with E-state index in [0.29, 0.717) is 29.9 Å². The van der Waals surface area contributed by atoms with E-state index in [9.17, 15) is 8.42 Å². The zero-order valence-electron chi connectivity index (χ0n) is 11.0. The summed E-state index contributed by atoms with van der Waals surface area (Å²) in [6, 6.07) is 2.03. The number of nitrogens with zero attached hydrogens (tertiary/aromatic N) is 1. The van der Waals surface area contributed by atoms with E-state index in [0.717, 1.165) is 5.56 Å². The molecule has 1 aromatic heterocycles. The van der Waals surface area contributed by atoms with Gasteiger partial charge in [-0.05, 0) is 37.9 Å². The highest BCUT2D eigenvalue weighted by molar-refractivity contribution is 7.91.